The zero-order valence-electron chi connectivity index (χ0n) is 24.8. The number of benzene rings is 2. The molecule has 226 valence electrons. The van der Waals surface area contributed by atoms with Gasteiger partial charge in [0.15, 0.2) is 0 Å². The number of hydrogen-bond donors (Lipinski definition) is 2. The Labute approximate surface area is 247 Å². The number of aliphatic hydroxyl groups excluding tert-OH is 1. The fourth-order valence-electron chi connectivity index (χ4n) is 8.70. The second kappa shape index (κ2) is 13.6. The number of phenolic OH excluding ortho intramolecular Hbond substituents is 1. The van der Waals surface area contributed by atoms with E-state index in [1.165, 1.54) is 56.1 Å². The molecule has 2 fully saturated rings. The number of aliphatic hydroxyl groups is 1. The van der Waals surface area contributed by atoms with Crippen LogP contribution >= 0.6 is 0 Å². The molecule has 3 aliphatic rings. The van der Waals surface area contributed by atoms with Crippen LogP contribution in [-0.4, -0.2) is 31.3 Å². The lowest BCUT2D eigenvalue weighted by atomic mass is 9.51. The largest absolute Gasteiger partial charge is 0.508 e. The van der Waals surface area contributed by atoms with Crippen LogP contribution in [0.4, 0.5) is 0 Å². The highest BCUT2D eigenvalue weighted by Gasteiger charge is 2.57. The van der Waals surface area contributed by atoms with Crippen molar-refractivity contribution in [3.8, 4) is 5.75 Å². The molecule has 2 N–H and O–H groups in total. The van der Waals surface area contributed by atoms with Gasteiger partial charge >= 0.3 is 0 Å². The first-order valence-electron chi connectivity index (χ1n) is 16.2. The van der Waals surface area contributed by atoms with Crippen LogP contribution in [0, 0.1) is 23.2 Å². The van der Waals surface area contributed by atoms with Crippen LogP contribution in [-0.2, 0) is 26.5 Å². The van der Waals surface area contributed by atoms with E-state index in [0.29, 0.717) is 29.4 Å². The zero-order valence-corrected chi connectivity index (χ0v) is 25.7. The van der Waals surface area contributed by atoms with Crippen molar-refractivity contribution in [3.63, 3.8) is 0 Å². The minimum atomic E-state index is -3.51. The molecule has 2 aromatic rings. The maximum atomic E-state index is 12.1. The predicted octanol–water partition coefficient (Wildman–Crippen LogP) is 7.89. The molecule has 3 unspecified atom stereocenters. The predicted molar refractivity (Wildman–Crippen MR) is 164 cm³/mol. The maximum absolute atomic E-state index is 12.1. The van der Waals surface area contributed by atoms with E-state index in [1.54, 1.807) is 0 Å². The molecule has 6 heteroatoms. The summed E-state index contributed by atoms with van der Waals surface area (Å²) in [6, 6.07) is 15.3. The van der Waals surface area contributed by atoms with Gasteiger partial charge in [0.05, 0.1) is 12.7 Å². The monoisotopic (exact) mass is 582 g/mol. The van der Waals surface area contributed by atoms with Gasteiger partial charge in [-0.3, -0.25) is 4.18 Å². The molecule has 6 atom stereocenters. The number of hydrogen-bond acceptors (Lipinski definition) is 5. The van der Waals surface area contributed by atoms with Crippen molar-refractivity contribution in [3.05, 3.63) is 65.2 Å². The zero-order chi connectivity index (χ0) is 28.9. The van der Waals surface area contributed by atoms with Crippen molar-refractivity contribution < 1.29 is 22.8 Å². The van der Waals surface area contributed by atoms with E-state index in [-0.39, 0.29) is 23.9 Å². The van der Waals surface area contributed by atoms with Gasteiger partial charge in [0.2, 0.25) is 0 Å². The van der Waals surface area contributed by atoms with Crippen molar-refractivity contribution in [1.29, 1.82) is 0 Å². The van der Waals surface area contributed by atoms with E-state index in [4.69, 9.17) is 4.18 Å². The van der Waals surface area contributed by atoms with Crippen LogP contribution < -0.4 is 0 Å². The van der Waals surface area contributed by atoms with Crippen molar-refractivity contribution >= 4 is 10.1 Å². The first-order valence-corrected chi connectivity index (χ1v) is 17.8. The Morgan fingerprint density at radius 2 is 1.61 bits per heavy atom. The Balaban J connectivity index is 1.01. The molecule has 0 heterocycles. The summed E-state index contributed by atoms with van der Waals surface area (Å²) < 4.78 is 29.5. The normalized spacial score (nSPS) is 29.1. The van der Waals surface area contributed by atoms with Gasteiger partial charge in [-0.1, -0.05) is 88.3 Å². The van der Waals surface area contributed by atoms with Crippen molar-refractivity contribution in [1.82, 2.24) is 0 Å². The van der Waals surface area contributed by atoms with Crippen LogP contribution in [0.1, 0.15) is 113 Å². The summed E-state index contributed by atoms with van der Waals surface area (Å²) in [5.41, 5.74) is 3.64. The number of aromatic hydroxyl groups is 1. The summed E-state index contributed by atoms with van der Waals surface area (Å²) in [5, 5.41) is 21.1. The van der Waals surface area contributed by atoms with Crippen LogP contribution in [0.5, 0.6) is 5.75 Å². The topological polar surface area (TPSA) is 83.8 Å². The lowest BCUT2D eigenvalue weighted by Gasteiger charge is -2.54. The fourth-order valence-corrected chi connectivity index (χ4v) is 9.76. The number of rotatable bonds is 14. The first kappa shape index (κ1) is 30.6. The van der Waals surface area contributed by atoms with Gasteiger partial charge in [0.1, 0.15) is 11.5 Å². The molecule has 2 aromatic carbocycles. The van der Waals surface area contributed by atoms with E-state index < -0.39 is 10.1 Å². The molecule has 0 saturated heterocycles. The molecule has 5 nitrogen and oxygen atoms in total. The second-order valence-electron chi connectivity index (χ2n) is 13.4. The van der Waals surface area contributed by atoms with E-state index in [2.05, 4.69) is 13.0 Å². The molecule has 0 aliphatic heterocycles. The molecular weight excluding hydrogens is 532 g/mol. The number of phenols is 1. The summed E-state index contributed by atoms with van der Waals surface area (Å²) in [6.45, 7) is 2.64. The van der Waals surface area contributed by atoms with Gasteiger partial charge in [0.25, 0.3) is 10.1 Å². The first-order chi connectivity index (χ1) is 19.8. The molecule has 5 rings (SSSR count). The number of fused-ring (bicyclic) bond motifs is 5. The van der Waals surface area contributed by atoms with Gasteiger partial charge in [0, 0.05) is 0 Å². The molecule has 0 aromatic heterocycles. The third kappa shape index (κ3) is 7.37. The van der Waals surface area contributed by atoms with Crippen LogP contribution in [0.25, 0.3) is 0 Å². The average Bonchev–Trinajstić information content (AvgIpc) is 3.25. The van der Waals surface area contributed by atoms with Crippen molar-refractivity contribution in [2.75, 3.05) is 6.61 Å². The second-order valence-corrected chi connectivity index (χ2v) is 15.0. The highest BCUT2D eigenvalue weighted by molar-refractivity contribution is 7.85. The number of unbranched alkanes of at least 4 members (excludes halogenated alkanes) is 7. The summed E-state index contributed by atoms with van der Waals surface area (Å²) in [7, 11) is -3.51. The quantitative estimate of drug-likeness (QED) is 0.175. The molecule has 0 radical (unpaired) electrons. The van der Waals surface area contributed by atoms with E-state index >= 15 is 0 Å². The SMILES string of the molecule is C[C@]12C[C@H](CCCCCCCCCCOS(=O)(=O)Cc3ccccc3)C3c4ccc(O)cc4CCC3C1CC[C@@H]2O. The van der Waals surface area contributed by atoms with Crippen molar-refractivity contribution in [2.45, 2.75) is 115 Å². The molecular formula is C35H50O5S. The molecule has 0 amide bonds. The summed E-state index contributed by atoms with van der Waals surface area (Å²) in [5.74, 6) is 2.78. The lowest BCUT2D eigenvalue weighted by molar-refractivity contribution is -0.0501. The summed E-state index contributed by atoms with van der Waals surface area (Å²) in [4.78, 5) is 0. The minimum absolute atomic E-state index is 0.0604. The van der Waals surface area contributed by atoms with Crippen LogP contribution in [0.2, 0.25) is 0 Å². The van der Waals surface area contributed by atoms with Crippen LogP contribution in [0.3, 0.4) is 0 Å². The average molecular weight is 583 g/mol. The molecule has 0 spiro atoms. The van der Waals surface area contributed by atoms with Gasteiger partial charge in [-0.05, 0) is 103 Å². The summed E-state index contributed by atoms with van der Waals surface area (Å²) >= 11 is 0. The minimum Gasteiger partial charge on any atom is -0.508 e. The van der Waals surface area contributed by atoms with Crippen LogP contribution in [0.15, 0.2) is 48.5 Å². The lowest BCUT2D eigenvalue weighted by Crippen LogP contribution is -2.47. The number of aryl methyl sites for hydroxylation is 1. The smallest absolute Gasteiger partial charge is 0.271 e. The standard InChI is InChI=1S/C35H50O5S/c1-35-24-28(34-30-19-17-29(36)23-27(30)16-18-31(34)32(35)20-21-33(35)37)15-11-6-4-2-3-5-7-12-22-40-41(38,39)25-26-13-9-8-10-14-26/h8-10,13-14,17,19,23,28,31-34,36-37H,2-7,11-12,15-16,18,20-22,24-25H2,1H3/t28-,31?,32?,33-,34?,35-/m0/s1. The van der Waals surface area contributed by atoms with Gasteiger partial charge in [-0.15, -0.1) is 0 Å². The molecule has 0 bridgehead atoms. The molecule has 41 heavy (non-hydrogen) atoms. The Kier molecular flexibility index (Phi) is 10.1. The molecule has 2 saturated carbocycles. The Morgan fingerprint density at radius 3 is 2.37 bits per heavy atom. The van der Waals surface area contributed by atoms with E-state index in [1.807, 2.05) is 42.5 Å². The highest BCUT2D eigenvalue weighted by Crippen LogP contribution is 2.63. The third-order valence-electron chi connectivity index (χ3n) is 10.7. The maximum Gasteiger partial charge on any atom is 0.271 e. The Bertz CT molecular complexity index is 1230. The van der Waals surface area contributed by atoms with E-state index in [0.717, 1.165) is 50.5 Å². The Morgan fingerprint density at radius 1 is 0.902 bits per heavy atom. The summed E-state index contributed by atoms with van der Waals surface area (Å²) in [6.07, 6.45) is 15.6. The van der Waals surface area contributed by atoms with Crippen molar-refractivity contribution in [2.24, 2.45) is 23.2 Å². The Hall–Kier alpha value is -1.89. The van der Waals surface area contributed by atoms with Gasteiger partial charge < -0.3 is 10.2 Å². The fraction of sp³-hybridized carbons (Fsp3) is 0.657. The molecule has 3 aliphatic carbocycles. The third-order valence-corrected chi connectivity index (χ3v) is 11.9. The van der Waals surface area contributed by atoms with Gasteiger partial charge in [-0.2, -0.15) is 8.42 Å². The van der Waals surface area contributed by atoms with E-state index in [9.17, 15) is 18.6 Å². The van der Waals surface area contributed by atoms with Gasteiger partial charge in [-0.25, -0.2) is 0 Å². The highest BCUT2D eigenvalue weighted by atomic mass is 32.2.